The quantitative estimate of drug-likeness (QED) is 0.0361. The van der Waals surface area contributed by atoms with E-state index >= 15 is 0 Å². The molecule has 0 saturated heterocycles. The average Bonchev–Trinajstić information content (AvgIpc) is 2.97. The van der Waals surface area contributed by atoms with Crippen LogP contribution in [0.1, 0.15) is 122 Å². The Labute approximate surface area is 326 Å². The number of nitrogens with zero attached hydrogens (tertiary/aromatic N) is 1. The summed E-state index contributed by atoms with van der Waals surface area (Å²) in [5.74, 6) is -1.15. The number of hydrogen-bond donors (Lipinski definition) is 7. The maximum atomic E-state index is 13.2. The Bertz CT molecular complexity index is 1280. The van der Waals surface area contributed by atoms with Crippen molar-refractivity contribution in [2.45, 2.75) is 156 Å². The Kier molecular flexibility index (Phi) is 22.0. The predicted octanol–water partition coefficient (Wildman–Crippen LogP) is 4.27. The summed E-state index contributed by atoms with van der Waals surface area (Å²) in [6, 6.07) is -1.80. The monoisotopic (exact) mass is 785 g/mol. The molecule has 316 valence electrons. The predicted molar refractivity (Wildman–Crippen MR) is 209 cm³/mol. The molecular formula is C37H68N8O10. The molecule has 0 aliphatic heterocycles. The van der Waals surface area contributed by atoms with Gasteiger partial charge in [-0.15, -0.1) is 0 Å². The van der Waals surface area contributed by atoms with Gasteiger partial charge in [0.05, 0.1) is 12.6 Å². The molecule has 18 heteroatoms. The van der Waals surface area contributed by atoms with Gasteiger partial charge in [-0.25, -0.2) is 24.2 Å². The van der Waals surface area contributed by atoms with Crippen molar-refractivity contribution in [3.63, 3.8) is 0 Å². The van der Waals surface area contributed by atoms with Gasteiger partial charge in [0, 0.05) is 19.6 Å². The van der Waals surface area contributed by atoms with Gasteiger partial charge in [0.25, 0.3) is 0 Å². The van der Waals surface area contributed by atoms with Gasteiger partial charge in [0.15, 0.2) is 0 Å². The maximum Gasteiger partial charge on any atom is 0.414 e. The molecule has 55 heavy (non-hydrogen) atoms. The average molecular weight is 785 g/mol. The first-order valence-corrected chi connectivity index (χ1v) is 18.6. The molecule has 18 nitrogen and oxygen atoms in total. The van der Waals surface area contributed by atoms with Crippen LogP contribution >= 0.6 is 0 Å². The number of nitrogens with one attached hydrogen (secondary N) is 6. The van der Waals surface area contributed by atoms with E-state index in [0.717, 1.165) is 0 Å². The smallest absolute Gasteiger partial charge is 0.414 e. The molecule has 6 amide bonds. The summed E-state index contributed by atoms with van der Waals surface area (Å²) in [6.45, 7) is 21.5. The van der Waals surface area contributed by atoms with Crippen molar-refractivity contribution < 1.29 is 47.7 Å². The van der Waals surface area contributed by atoms with Gasteiger partial charge in [-0.1, -0.05) is 12.2 Å². The maximum absolute atomic E-state index is 13.2. The molecule has 0 rings (SSSR count). The molecule has 0 aromatic heterocycles. The number of guanidine groups is 1. The lowest BCUT2D eigenvalue weighted by Crippen LogP contribution is -2.51. The van der Waals surface area contributed by atoms with Gasteiger partial charge in [0.1, 0.15) is 28.4 Å². The van der Waals surface area contributed by atoms with Gasteiger partial charge in [0.2, 0.25) is 17.8 Å². The fourth-order valence-corrected chi connectivity index (χ4v) is 4.15. The first kappa shape index (κ1) is 50.4. The van der Waals surface area contributed by atoms with Crippen molar-refractivity contribution in [2.75, 3.05) is 26.2 Å². The van der Waals surface area contributed by atoms with E-state index in [1.807, 2.05) is 0 Å². The van der Waals surface area contributed by atoms with Crippen LogP contribution in [-0.4, -0.2) is 103 Å². The molecule has 0 fully saturated rings. The van der Waals surface area contributed by atoms with Crippen LogP contribution in [0.3, 0.4) is 0 Å². The van der Waals surface area contributed by atoms with E-state index in [9.17, 15) is 28.8 Å². The molecule has 0 spiro atoms. The van der Waals surface area contributed by atoms with Crippen LogP contribution in [0.2, 0.25) is 0 Å². The molecule has 0 unspecified atom stereocenters. The van der Waals surface area contributed by atoms with Crippen LogP contribution in [0, 0.1) is 0 Å². The molecule has 0 radical (unpaired) electrons. The number of aliphatic imine (C=N–C) groups is 1. The van der Waals surface area contributed by atoms with Gasteiger partial charge < -0.3 is 45.9 Å². The minimum atomic E-state index is -0.914. The summed E-state index contributed by atoms with van der Waals surface area (Å²) in [7, 11) is 0. The topological polar surface area (TPSA) is 250 Å². The lowest BCUT2D eigenvalue weighted by Gasteiger charge is -2.22. The number of hydrogen-bond acceptors (Lipinski definition) is 12. The van der Waals surface area contributed by atoms with Gasteiger partial charge in [-0.2, -0.15) is 0 Å². The van der Waals surface area contributed by atoms with E-state index in [1.54, 1.807) is 95.2 Å². The zero-order valence-corrected chi connectivity index (χ0v) is 35.0. The SMILES string of the molecule is CC(C)(C)OC(=O)NCCCC[C@H](NC(=O)[C@@H](N)CCCCNC(=O)OC(C)(C)C)C(=O)NC/C=C/CN=C(NC(=O)OC(C)(C)C)NC(=O)OC(C)(C)C. The Morgan fingerprint density at radius 3 is 1.42 bits per heavy atom. The molecule has 0 aromatic carbocycles. The lowest BCUT2D eigenvalue weighted by molar-refractivity contribution is -0.129. The number of carbonyl (C=O) groups excluding carboxylic acids is 6. The van der Waals surface area contributed by atoms with Crippen molar-refractivity contribution in [1.29, 1.82) is 0 Å². The zero-order valence-electron chi connectivity index (χ0n) is 35.0. The van der Waals surface area contributed by atoms with Gasteiger partial charge >= 0.3 is 24.4 Å². The molecule has 0 bridgehead atoms. The van der Waals surface area contributed by atoms with E-state index in [-0.39, 0.29) is 25.5 Å². The van der Waals surface area contributed by atoms with E-state index < -0.39 is 70.7 Å². The van der Waals surface area contributed by atoms with Crippen molar-refractivity contribution in [3.8, 4) is 0 Å². The standard InChI is InChI=1S/C37H68N8O10/c1-34(2,3)52-30(48)41-23-15-13-19-25(38)27(46)43-26(20-14-16-24-42-31(49)53-35(4,5)6)28(47)39-21-17-18-22-40-29(44-32(50)54-36(7,8)9)45-33(51)55-37(10,11)12/h17-18,25-26H,13-16,19-24,38H2,1-12H3,(H,39,47)(H,41,48)(H,42,49)(H,43,46)(H2,40,44,45,50,51)/b18-17+/t25-,26-/m0/s1. The third-order valence-electron chi connectivity index (χ3n) is 6.32. The van der Waals surface area contributed by atoms with Crippen molar-refractivity contribution in [3.05, 3.63) is 12.2 Å². The Hall–Kier alpha value is -4.61. The number of ether oxygens (including phenoxy) is 4. The highest BCUT2D eigenvalue weighted by molar-refractivity contribution is 6.01. The number of nitrogens with two attached hydrogens (primary N) is 1. The van der Waals surface area contributed by atoms with Gasteiger partial charge in [-0.05, 0) is 122 Å². The molecule has 2 atom stereocenters. The highest BCUT2D eigenvalue weighted by Crippen LogP contribution is 2.10. The molecular weight excluding hydrogens is 716 g/mol. The largest absolute Gasteiger partial charge is 0.444 e. The fourth-order valence-electron chi connectivity index (χ4n) is 4.15. The fraction of sp³-hybridized carbons (Fsp3) is 0.757. The summed E-state index contributed by atoms with van der Waals surface area (Å²) in [4.78, 5) is 78.8. The van der Waals surface area contributed by atoms with Crippen LogP contribution in [0.25, 0.3) is 0 Å². The van der Waals surface area contributed by atoms with Crippen LogP contribution in [-0.2, 0) is 28.5 Å². The van der Waals surface area contributed by atoms with E-state index in [1.165, 1.54) is 0 Å². The molecule has 0 aliphatic rings. The zero-order chi connectivity index (χ0) is 42.5. The van der Waals surface area contributed by atoms with Crippen LogP contribution in [0.15, 0.2) is 17.1 Å². The first-order valence-electron chi connectivity index (χ1n) is 18.6. The number of carbonyl (C=O) groups is 6. The van der Waals surface area contributed by atoms with Crippen LogP contribution in [0.4, 0.5) is 19.2 Å². The second-order valence-corrected chi connectivity index (χ2v) is 16.7. The minimum Gasteiger partial charge on any atom is -0.444 e. The Morgan fingerprint density at radius 1 is 0.564 bits per heavy atom. The molecule has 0 heterocycles. The highest BCUT2D eigenvalue weighted by atomic mass is 16.6. The lowest BCUT2D eigenvalue weighted by atomic mass is 10.1. The molecule has 0 aliphatic carbocycles. The highest BCUT2D eigenvalue weighted by Gasteiger charge is 2.24. The second kappa shape index (κ2) is 24.0. The number of alkyl carbamates (subject to hydrolysis) is 4. The Balaban J connectivity index is 5.36. The third-order valence-corrected chi connectivity index (χ3v) is 6.32. The summed E-state index contributed by atoms with van der Waals surface area (Å²) in [5.41, 5.74) is 3.31. The molecule has 0 aromatic rings. The first-order chi connectivity index (χ1) is 25.2. The van der Waals surface area contributed by atoms with E-state index in [2.05, 4.69) is 36.9 Å². The number of amides is 6. The second-order valence-electron chi connectivity index (χ2n) is 16.7. The molecule has 8 N–H and O–H groups in total. The minimum absolute atomic E-state index is 0.00373. The van der Waals surface area contributed by atoms with Crippen molar-refractivity contribution in [2.24, 2.45) is 10.7 Å². The van der Waals surface area contributed by atoms with E-state index in [0.29, 0.717) is 45.2 Å². The number of rotatable bonds is 17. The summed E-state index contributed by atoms with van der Waals surface area (Å²) in [5, 5.41) is 15.6. The van der Waals surface area contributed by atoms with Crippen LogP contribution < -0.4 is 37.6 Å². The van der Waals surface area contributed by atoms with Crippen molar-refractivity contribution in [1.82, 2.24) is 31.9 Å². The summed E-state index contributed by atoms with van der Waals surface area (Å²) in [6.07, 6.45) is 3.19. The van der Waals surface area contributed by atoms with Gasteiger partial charge in [-0.3, -0.25) is 20.2 Å². The Morgan fingerprint density at radius 2 is 0.982 bits per heavy atom. The third kappa shape index (κ3) is 30.4. The van der Waals surface area contributed by atoms with Crippen LogP contribution in [0.5, 0.6) is 0 Å². The normalized spacial score (nSPS) is 13.0. The number of unbranched alkanes of at least 4 members (excludes halogenated alkanes) is 2. The van der Waals surface area contributed by atoms with Crippen molar-refractivity contribution >= 4 is 42.1 Å². The summed E-state index contributed by atoms with van der Waals surface area (Å²) >= 11 is 0. The molecule has 0 saturated carbocycles. The van der Waals surface area contributed by atoms with E-state index in [4.69, 9.17) is 24.7 Å². The summed E-state index contributed by atoms with van der Waals surface area (Å²) < 4.78 is 20.9.